The van der Waals surface area contributed by atoms with E-state index in [0.717, 1.165) is 11.4 Å². The van der Waals surface area contributed by atoms with E-state index in [1.165, 1.54) is 0 Å². The van der Waals surface area contributed by atoms with Crippen LogP contribution in [0.1, 0.15) is 5.69 Å². The number of aromatic nitrogens is 2. The first-order chi connectivity index (χ1) is 8.78. The lowest BCUT2D eigenvalue weighted by atomic mass is 10.3. The normalized spacial score (nSPS) is 9.56. The summed E-state index contributed by atoms with van der Waals surface area (Å²) in [5, 5.41) is 3.11. The molecule has 0 aliphatic carbocycles. The summed E-state index contributed by atoms with van der Waals surface area (Å²) >= 11 is 0. The van der Waals surface area contributed by atoms with Gasteiger partial charge in [0.1, 0.15) is 0 Å². The van der Waals surface area contributed by atoms with E-state index in [1.54, 1.807) is 6.07 Å². The Hall–Kier alpha value is -2.54. The van der Waals surface area contributed by atoms with Crippen LogP contribution in [0.2, 0.25) is 0 Å². The summed E-state index contributed by atoms with van der Waals surface area (Å²) in [4.78, 5) is 8.51. The molecule has 0 aliphatic heterocycles. The summed E-state index contributed by atoms with van der Waals surface area (Å²) in [6, 6.07) is 11.4. The average Bonchev–Trinajstić information content (AvgIpc) is 2.37. The van der Waals surface area contributed by atoms with E-state index in [4.69, 9.17) is 11.2 Å². The SMILES string of the molecule is C#CCOc1cc(C)nc(Nc2ccccc2)n1. The first-order valence-electron chi connectivity index (χ1n) is 5.52. The highest BCUT2D eigenvalue weighted by Crippen LogP contribution is 2.16. The molecule has 2 aromatic rings. The molecule has 0 radical (unpaired) electrons. The maximum atomic E-state index is 5.29. The molecule has 0 saturated heterocycles. The molecule has 0 saturated carbocycles. The largest absolute Gasteiger partial charge is 0.464 e. The predicted molar refractivity (Wildman–Crippen MR) is 70.8 cm³/mol. The molecule has 1 aromatic heterocycles. The Morgan fingerprint density at radius 3 is 2.78 bits per heavy atom. The standard InChI is InChI=1S/C14H13N3O/c1-3-9-18-13-10-11(2)15-14(17-13)16-12-7-5-4-6-8-12/h1,4-8,10H,9H2,2H3,(H,15,16,17). The van der Waals surface area contributed by atoms with E-state index < -0.39 is 0 Å². The third kappa shape index (κ3) is 3.22. The fourth-order valence-corrected chi connectivity index (χ4v) is 1.44. The number of nitrogens with zero attached hydrogens (tertiary/aromatic N) is 2. The highest BCUT2D eigenvalue weighted by molar-refractivity contribution is 5.53. The van der Waals surface area contributed by atoms with Gasteiger partial charge in [0.05, 0.1) is 0 Å². The van der Waals surface area contributed by atoms with Crippen LogP contribution < -0.4 is 10.1 Å². The van der Waals surface area contributed by atoms with Gasteiger partial charge >= 0.3 is 0 Å². The van der Waals surface area contributed by atoms with Gasteiger partial charge in [-0.3, -0.25) is 0 Å². The van der Waals surface area contributed by atoms with Crippen molar-refractivity contribution in [2.24, 2.45) is 0 Å². The van der Waals surface area contributed by atoms with Gasteiger partial charge in [0.25, 0.3) is 0 Å². The number of ether oxygens (including phenoxy) is 1. The van der Waals surface area contributed by atoms with Crippen LogP contribution in [-0.4, -0.2) is 16.6 Å². The van der Waals surface area contributed by atoms with Gasteiger partial charge in [-0.2, -0.15) is 4.98 Å². The lowest BCUT2D eigenvalue weighted by Gasteiger charge is -2.07. The van der Waals surface area contributed by atoms with Crippen LogP contribution in [0.5, 0.6) is 5.88 Å². The third-order valence-electron chi connectivity index (χ3n) is 2.16. The van der Waals surface area contributed by atoms with Crippen LogP contribution >= 0.6 is 0 Å². The Morgan fingerprint density at radius 2 is 2.06 bits per heavy atom. The number of aryl methyl sites for hydroxylation is 1. The van der Waals surface area contributed by atoms with Crippen LogP contribution in [-0.2, 0) is 0 Å². The number of nitrogens with one attached hydrogen (secondary N) is 1. The zero-order valence-corrected chi connectivity index (χ0v) is 10.1. The molecule has 0 atom stereocenters. The maximum absolute atomic E-state index is 5.29. The second kappa shape index (κ2) is 5.69. The summed E-state index contributed by atoms with van der Waals surface area (Å²) in [5.41, 5.74) is 1.74. The van der Waals surface area contributed by atoms with Gasteiger partial charge in [-0.05, 0) is 19.1 Å². The van der Waals surface area contributed by atoms with Crippen molar-refractivity contribution in [3.63, 3.8) is 0 Å². The molecule has 0 amide bonds. The zero-order chi connectivity index (χ0) is 12.8. The Balaban J connectivity index is 2.18. The molecule has 2 rings (SSSR count). The molecular weight excluding hydrogens is 226 g/mol. The van der Waals surface area contributed by atoms with Gasteiger partial charge < -0.3 is 10.1 Å². The smallest absolute Gasteiger partial charge is 0.230 e. The summed E-state index contributed by atoms with van der Waals surface area (Å²) < 4.78 is 5.29. The summed E-state index contributed by atoms with van der Waals surface area (Å²) in [6.07, 6.45) is 5.14. The van der Waals surface area contributed by atoms with E-state index in [2.05, 4.69) is 21.2 Å². The lowest BCUT2D eigenvalue weighted by molar-refractivity contribution is 0.355. The molecule has 0 aliphatic rings. The van der Waals surface area contributed by atoms with Gasteiger partial charge in [0.2, 0.25) is 11.8 Å². The van der Waals surface area contributed by atoms with E-state index in [9.17, 15) is 0 Å². The number of para-hydroxylation sites is 1. The number of terminal acetylenes is 1. The summed E-state index contributed by atoms with van der Waals surface area (Å²) in [6.45, 7) is 2.07. The molecule has 0 fully saturated rings. The van der Waals surface area contributed by atoms with Crippen molar-refractivity contribution >= 4 is 11.6 Å². The quantitative estimate of drug-likeness (QED) is 0.833. The van der Waals surface area contributed by atoms with Crippen LogP contribution in [0.25, 0.3) is 0 Å². The minimum Gasteiger partial charge on any atom is -0.464 e. The van der Waals surface area contributed by atoms with E-state index in [0.29, 0.717) is 11.8 Å². The van der Waals surface area contributed by atoms with E-state index in [1.807, 2.05) is 37.3 Å². The Kier molecular flexibility index (Phi) is 3.77. The third-order valence-corrected chi connectivity index (χ3v) is 2.16. The van der Waals surface area contributed by atoms with Crippen LogP contribution in [0.15, 0.2) is 36.4 Å². The lowest BCUT2D eigenvalue weighted by Crippen LogP contribution is -2.02. The second-order valence-corrected chi connectivity index (χ2v) is 3.65. The molecule has 0 bridgehead atoms. The van der Waals surface area contributed by atoms with Crippen LogP contribution in [0.3, 0.4) is 0 Å². The first-order valence-corrected chi connectivity index (χ1v) is 5.52. The van der Waals surface area contributed by atoms with Crippen molar-refractivity contribution < 1.29 is 4.74 Å². The van der Waals surface area contributed by atoms with Crippen molar-refractivity contribution in [1.29, 1.82) is 0 Å². The molecule has 90 valence electrons. The van der Waals surface area contributed by atoms with Gasteiger partial charge in [0, 0.05) is 17.4 Å². The topological polar surface area (TPSA) is 47.0 Å². The van der Waals surface area contributed by atoms with Crippen molar-refractivity contribution in [1.82, 2.24) is 9.97 Å². The number of anilines is 2. The van der Waals surface area contributed by atoms with Gasteiger partial charge in [0.15, 0.2) is 6.61 Å². The Morgan fingerprint density at radius 1 is 1.28 bits per heavy atom. The predicted octanol–water partition coefficient (Wildman–Crippen LogP) is 2.54. The van der Waals surface area contributed by atoms with Gasteiger partial charge in [-0.1, -0.05) is 24.1 Å². The zero-order valence-electron chi connectivity index (χ0n) is 10.1. The van der Waals surface area contributed by atoms with E-state index >= 15 is 0 Å². The fourth-order valence-electron chi connectivity index (χ4n) is 1.44. The maximum Gasteiger partial charge on any atom is 0.230 e. The monoisotopic (exact) mass is 239 g/mol. The number of benzene rings is 1. The Labute approximate surface area is 106 Å². The molecule has 0 unspecified atom stereocenters. The molecule has 0 spiro atoms. The van der Waals surface area contributed by atoms with Crippen molar-refractivity contribution in [3.8, 4) is 18.2 Å². The molecular formula is C14H13N3O. The van der Waals surface area contributed by atoms with Gasteiger partial charge in [-0.15, -0.1) is 6.42 Å². The molecule has 1 heterocycles. The molecule has 18 heavy (non-hydrogen) atoms. The van der Waals surface area contributed by atoms with Gasteiger partial charge in [-0.25, -0.2) is 4.98 Å². The highest BCUT2D eigenvalue weighted by Gasteiger charge is 2.03. The number of rotatable bonds is 4. The molecule has 1 N–H and O–H groups in total. The van der Waals surface area contributed by atoms with Crippen LogP contribution in [0.4, 0.5) is 11.6 Å². The summed E-state index contributed by atoms with van der Waals surface area (Å²) in [7, 11) is 0. The van der Waals surface area contributed by atoms with E-state index in [-0.39, 0.29) is 6.61 Å². The van der Waals surface area contributed by atoms with Crippen molar-refractivity contribution in [3.05, 3.63) is 42.1 Å². The number of hydrogen-bond donors (Lipinski definition) is 1. The average molecular weight is 239 g/mol. The molecule has 4 nitrogen and oxygen atoms in total. The first kappa shape index (κ1) is 11.9. The Bertz CT molecular complexity index is 561. The minimum absolute atomic E-state index is 0.196. The molecule has 1 aromatic carbocycles. The summed E-state index contributed by atoms with van der Waals surface area (Å²) in [5.74, 6) is 3.37. The number of hydrogen-bond acceptors (Lipinski definition) is 4. The molecule has 4 heteroatoms. The van der Waals surface area contributed by atoms with Crippen molar-refractivity contribution in [2.75, 3.05) is 11.9 Å². The highest BCUT2D eigenvalue weighted by atomic mass is 16.5. The van der Waals surface area contributed by atoms with Crippen molar-refractivity contribution in [2.45, 2.75) is 6.92 Å². The van der Waals surface area contributed by atoms with Crippen LogP contribution in [0, 0.1) is 19.3 Å². The minimum atomic E-state index is 0.196. The fraction of sp³-hybridized carbons (Fsp3) is 0.143. The second-order valence-electron chi connectivity index (χ2n) is 3.65.